The van der Waals surface area contributed by atoms with Crippen LogP contribution in [0.4, 0.5) is 0 Å². The monoisotopic (exact) mass is 300 g/mol. The Labute approximate surface area is 124 Å². The molecule has 2 heterocycles. The van der Waals surface area contributed by atoms with Crippen LogP contribution in [0.15, 0.2) is 48.8 Å². The van der Waals surface area contributed by atoms with Gasteiger partial charge >= 0.3 is 5.97 Å². The van der Waals surface area contributed by atoms with Crippen molar-refractivity contribution in [3.05, 3.63) is 59.5 Å². The molecule has 0 unspecified atom stereocenters. The number of hydrogen-bond acceptors (Lipinski definition) is 4. The molecule has 0 aliphatic heterocycles. The number of halogens is 1. The second-order valence-corrected chi connectivity index (χ2v) is 4.64. The van der Waals surface area contributed by atoms with Gasteiger partial charge in [-0.15, -0.1) is 0 Å². The average Bonchev–Trinajstić information content (AvgIpc) is 2.51. The molecule has 5 nitrogen and oxygen atoms in total. The van der Waals surface area contributed by atoms with Crippen molar-refractivity contribution in [3.63, 3.8) is 0 Å². The molecule has 3 rings (SSSR count). The van der Waals surface area contributed by atoms with Crippen LogP contribution < -0.4 is 4.74 Å². The second-order valence-electron chi connectivity index (χ2n) is 4.23. The van der Waals surface area contributed by atoms with Crippen LogP contribution in [0.3, 0.4) is 0 Å². The summed E-state index contributed by atoms with van der Waals surface area (Å²) >= 11 is 6.11. The third kappa shape index (κ3) is 2.64. The van der Waals surface area contributed by atoms with Gasteiger partial charge in [0.05, 0.1) is 11.2 Å². The Hall–Kier alpha value is -2.66. The molecule has 0 atom stereocenters. The molecule has 0 amide bonds. The predicted octanol–water partition coefficient (Wildman–Crippen LogP) is 3.77. The Morgan fingerprint density at radius 3 is 2.71 bits per heavy atom. The lowest BCUT2D eigenvalue weighted by Crippen LogP contribution is -1.99. The number of pyridine rings is 2. The first-order valence-corrected chi connectivity index (χ1v) is 6.43. The average molecular weight is 301 g/mol. The molecule has 0 fully saturated rings. The molecule has 0 aliphatic carbocycles. The molecule has 6 heteroatoms. The number of fused-ring (bicyclic) bond motifs is 1. The molecule has 0 saturated carbocycles. The summed E-state index contributed by atoms with van der Waals surface area (Å²) in [6.45, 7) is 0. The Morgan fingerprint density at radius 1 is 1.14 bits per heavy atom. The van der Waals surface area contributed by atoms with E-state index in [0.717, 1.165) is 5.39 Å². The van der Waals surface area contributed by atoms with Crippen molar-refractivity contribution in [2.45, 2.75) is 0 Å². The Kier molecular flexibility index (Phi) is 3.41. The van der Waals surface area contributed by atoms with Crippen molar-refractivity contribution in [1.29, 1.82) is 0 Å². The van der Waals surface area contributed by atoms with Gasteiger partial charge in [-0.25, -0.2) is 9.78 Å². The van der Waals surface area contributed by atoms with E-state index in [1.807, 2.05) is 6.07 Å². The molecule has 1 N–H and O–H groups in total. The third-order valence-corrected chi connectivity index (χ3v) is 3.19. The fourth-order valence-corrected chi connectivity index (χ4v) is 2.10. The molecule has 0 spiro atoms. The zero-order valence-electron chi connectivity index (χ0n) is 10.7. The summed E-state index contributed by atoms with van der Waals surface area (Å²) in [5.74, 6) is -0.130. The lowest BCUT2D eigenvalue weighted by Gasteiger charge is -2.09. The molecule has 21 heavy (non-hydrogen) atoms. The maximum Gasteiger partial charge on any atom is 0.354 e. The van der Waals surface area contributed by atoms with Crippen molar-refractivity contribution in [2.24, 2.45) is 0 Å². The molecule has 0 radical (unpaired) electrons. The lowest BCUT2D eigenvalue weighted by molar-refractivity contribution is 0.0690. The third-order valence-electron chi connectivity index (χ3n) is 2.86. The first-order chi connectivity index (χ1) is 10.1. The standard InChI is InChI=1S/C15H9ClN2O3/c16-11-4-6-13(14-10(11)2-1-7-17-14)21-9-3-5-12(15(19)20)18-8-9/h1-8H,(H,19,20). The summed E-state index contributed by atoms with van der Waals surface area (Å²) in [6, 6.07) is 10.00. The van der Waals surface area contributed by atoms with E-state index in [-0.39, 0.29) is 5.69 Å². The normalized spacial score (nSPS) is 10.5. The van der Waals surface area contributed by atoms with E-state index in [1.54, 1.807) is 30.5 Å². The Bertz CT molecular complexity index is 819. The van der Waals surface area contributed by atoms with Crippen LogP contribution in [-0.4, -0.2) is 21.0 Å². The molecule has 3 aromatic rings. The second kappa shape index (κ2) is 5.38. The van der Waals surface area contributed by atoms with Gasteiger partial charge in [0.2, 0.25) is 0 Å². The van der Waals surface area contributed by atoms with Gasteiger partial charge in [-0.3, -0.25) is 4.98 Å². The van der Waals surface area contributed by atoms with Gasteiger partial charge in [0.1, 0.15) is 17.0 Å². The highest BCUT2D eigenvalue weighted by Crippen LogP contribution is 2.32. The molecule has 1 aromatic carbocycles. The van der Waals surface area contributed by atoms with Gasteiger partial charge in [-0.1, -0.05) is 11.6 Å². The SMILES string of the molecule is O=C(O)c1ccc(Oc2ccc(Cl)c3cccnc23)cn1. The maximum absolute atomic E-state index is 10.8. The number of ether oxygens (including phenoxy) is 1. The summed E-state index contributed by atoms with van der Waals surface area (Å²) in [4.78, 5) is 18.8. The highest BCUT2D eigenvalue weighted by molar-refractivity contribution is 6.35. The first-order valence-electron chi connectivity index (χ1n) is 6.05. The number of nitrogens with zero attached hydrogens (tertiary/aromatic N) is 2. The van der Waals surface area contributed by atoms with Gasteiger partial charge in [-0.05, 0) is 36.4 Å². The van der Waals surface area contributed by atoms with E-state index in [0.29, 0.717) is 22.0 Å². The van der Waals surface area contributed by atoms with E-state index in [1.165, 1.54) is 12.3 Å². The number of rotatable bonds is 3. The van der Waals surface area contributed by atoms with E-state index in [2.05, 4.69) is 9.97 Å². The van der Waals surface area contributed by atoms with Gasteiger partial charge in [0.25, 0.3) is 0 Å². The van der Waals surface area contributed by atoms with Crippen LogP contribution in [-0.2, 0) is 0 Å². The number of hydrogen-bond donors (Lipinski definition) is 1. The van der Waals surface area contributed by atoms with Crippen molar-refractivity contribution < 1.29 is 14.6 Å². The summed E-state index contributed by atoms with van der Waals surface area (Å²) in [5.41, 5.74) is 0.591. The van der Waals surface area contributed by atoms with Crippen molar-refractivity contribution in [1.82, 2.24) is 9.97 Å². The largest absolute Gasteiger partial charge is 0.477 e. The number of carboxylic acid groups (broad SMARTS) is 1. The highest BCUT2D eigenvalue weighted by Gasteiger charge is 2.09. The molecule has 104 valence electrons. The van der Waals surface area contributed by atoms with Crippen LogP contribution in [0.2, 0.25) is 5.02 Å². The van der Waals surface area contributed by atoms with Crippen LogP contribution in [0, 0.1) is 0 Å². The van der Waals surface area contributed by atoms with Crippen LogP contribution in [0.5, 0.6) is 11.5 Å². The smallest absolute Gasteiger partial charge is 0.354 e. The van der Waals surface area contributed by atoms with Crippen LogP contribution in [0.25, 0.3) is 10.9 Å². The predicted molar refractivity (Wildman–Crippen MR) is 78.0 cm³/mol. The Balaban J connectivity index is 1.98. The van der Waals surface area contributed by atoms with Gasteiger partial charge < -0.3 is 9.84 Å². The molecule has 0 aliphatic rings. The van der Waals surface area contributed by atoms with E-state index >= 15 is 0 Å². The van der Waals surface area contributed by atoms with Crippen molar-refractivity contribution in [3.8, 4) is 11.5 Å². The van der Waals surface area contributed by atoms with E-state index in [9.17, 15) is 4.79 Å². The minimum atomic E-state index is -1.08. The van der Waals surface area contributed by atoms with Gasteiger partial charge in [0.15, 0.2) is 5.75 Å². The lowest BCUT2D eigenvalue weighted by atomic mass is 10.2. The molecule has 0 bridgehead atoms. The number of carboxylic acids is 1. The highest BCUT2D eigenvalue weighted by atomic mass is 35.5. The minimum Gasteiger partial charge on any atom is -0.477 e. The van der Waals surface area contributed by atoms with Gasteiger partial charge in [-0.2, -0.15) is 0 Å². The topological polar surface area (TPSA) is 72.3 Å². The molecular formula is C15H9ClN2O3. The number of aromatic carboxylic acids is 1. The summed E-state index contributed by atoms with van der Waals surface area (Å²) in [7, 11) is 0. The number of carbonyl (C=O) groups is 1. The Morgan fingerprint density at radius 2 is 2.00 bits per heavy atom. The quantitative estimate of drug-likeness (QED) is 0.797. The zero-order chi connectivity index (χ0) is 14.8. The molecule has 0 saturated heterocycles. The van der Waals surface area contributed by atoms with Crippen LogP contribution >= 0.6 is 11.6 Å². The van der Waals surface area contributed by atoms with Crippen molar-refractivity contribution >= 4 is 28.5 Å². The fourth-order valence-electron chi connectivity index (χ4n) is 1.89. The first kappa shape index (κ1) is 13.3. The maximum atomic E-state index is 10.8. The minimum absolute atomic E-state index is 0.0403. The van der Waals surface area contributed by atoms with Gasteiger partial charge in [0, 0.05) is 11.6 Å². The summed E-state index contributed by atoms with van der Waals surface area (Å²) < 4.78 is 5.70. The van der Waals surface area contributed by atoms with E-state index < -0.39 is 5.97 Å². The summed E-state index contributed by atoms with van der Waals surface area (Å²) in [5, 5.41) is 10.2. The number of aromatic nitrogens is 2. The van der Waals surface area contributed by atoms with E-state index in [4.69, 9.17) is 21.4 Å². The van der Waals surface area contributed by atoms with Crippen LogP contribution in [0.1, 0.15) is 10.5 Å². The zero-order valence-corrected chi connectivity index (χ0v) is 11.4. The molecule has 2 aromatic heterocycles. The summed E-state index contributed by atoms with van der Waals surface area (Å²) in [6.07, 6.45) is 3.00. The molecular weight excluding hydrogens is 292 g/mol. The van der Waals surface area contributed by atoms with Crippen molar-refractivity contribution in [2.75, 3.05) is 0 Å². The number of benzene rings is 1. The fraction of sp³-hybridized carbons (Fsp3) is 0.